The largest absolute Gasteiger partial charge is 0.494 e. The standard InChI is InChI=1S/C35H37N7O4/c1-40-32-25(13-23(15-28(32)45-2)34(43)42-18-22-9-11-26(42)30(22)36)38-33(40)27-14-20-5-4-6-24(31(20)41(27)17-19-7-8-19)21-10-12-29(37-16-21)39-35(44)46-3/h4-6,10,12-16,19,22,26,30H,7-9,11,17-18,36H2,1-3H3,(H,37,39,44)/t22-,26-,30?/m1/s1. The van der Waals surface area contributed by atoms with Crippen LogP contribution in [0.15, 0.2) is 54.7 Å². The molecule has 1 aliphatic heterocycles. The third-order valence-corrected chi connectivity index (χ3v) is 10.1. The Balaban J connectivity index is 1.23. The van der Waals surface area contributed by atoms with E-state index in [0.717, 1.165) is 64.0 Å². The second kappa shape index (κ2) is 10.9. The van der Waals surface area contributed by atoms with E-state index in [0.29, 0.717) is 35.5 Å². The van der Waals surface area contributed by atoms with Gasteiger partial charge in [-0.25, -0.2) is 14.8 Å². The van der Waals surface area contributed by atoms with Crippen LogP contribution in [-0.4, -0.2) is 68.9 Å². The smallest absolute Gasteiger partial charge is 0.412 e. The number of piperidine rings is 1. The highest BCUT2D eigenvalue weighted by molar-refractivity contribution is 6.01. The molecule has 2 aliphatic carbocycles. The molecule has 236 valence electrons. The molecule has 46 heavy (non-hydrogen) atoms. The Labute approximate surface area is 266 Å². The minimum Gasteiger partial charge on any atom is -0.494 e. The molecule has 8 rings (SSSR count). The molecule has 2 amide bonds. The van der Waals surface area contributed by atoms with Crippen LogP contribution in [0.1, 0.15) is 36.0 Å². The van der Waals surface area contributed by atoms with Crippen molar-refractivity contribution in [2.45, 2.75) is 44.3 Å². The second-order valence-electron chi connectivity index (χ2n) is 12.9. The SMILES string of the molecule is COC(=O)Nc1ccc(-c2cccc3cc(-c4nc5cc(C(=O)N6C[C@H]7CC[C@@H]6C7N)cc(OC)c5n4C)n(CC4CC4)c23)cn1. The first kappa shape index (κ1) is 28.6. The number of amides is 2. The fraction of sp³-hybridized carbons (Fsp3) is 0.371. The number of rotatable bonds is 7. The third-order valence-electron chi connectivity index (χ3n) is 10.1. The first-order valence-electron chi connectivity index (χ1n) is 15.9. The molecule has 3 atom stereocenters. The molecule has 3 aromatic heterocycles. The number of imidazole rings is 1. The number of likely N-dealkylation sites (tertiary alicyclic amines) is 1. The molecule has 2 aromatic carbocycles. The molecule has 3 N–H and O–H groups in total. The predicted molar refractivity (Wildman–Crippen MR) is 176 cm³/mol. The van der Waals surface area contributed by atoms with Crippen molar-refractivity contribution < 1.29 is 19.1 Å². The number of hydrogen-bond acceptors (Lipinski definition) is 7. The van der Waals surface area contributed by atoms with E-state index in [2.05, 4.69) is 43.7 Å². The number of nitrogens with one attached hydrogen (secondary N) is 1. The lowest BCUT2D eigenvalue weighted by Crippen LogP contribution is -2.41. The quantitative estimate of drug-likeness (QED) is 0.249. The third kappa shape index (κ3) is 4.60. The van der Waals surface area contributed by atoms with Gasteiger partial charge in [-0.1, -0.05) is 18.2 Å². The molecule has 11 nitrogen and oxygen atoms in total. The van der Waals surface area contributed by atoms with Crippen molar-refractivity contribution in [2.24, 2.45) is 24.6 Å². The summed E-state index contributed by atoms with van der Waals surface area (Å²) in [7, 11) is 4.97. The van der Waals surface area contributed by atoms with Crippen LogP contribution >= 0.6 is 0 Å². The van der Waals surface area contributed by atoms with E-state index < -0.39 is 6.09 Å². The van der Waals surface area contributed by atoms with Crippen LogP contribution < -0.4 is 15.8 Å². The number of fused-ring (bicyclic) bond motifs is 4. The molecule has 0 spiro atoms. The average molecular weight is 620 g/mol. The van der Waals surface area contributed by atoms with Gasteiger partial charge in [-0.15, -0.1) is 0 Å². The van der Waals surface area contributed by atoms with E-state index in [1.54, 1.807) is 19.4 Å². The number of hydrogen-bond donors (Lipinski definition) is 2. The maximum absolute atomic E-state index is 13.8. The van der Waals surface area contributed by atoms with Crippen molar-refractivity contribution >= 4 is 39.8 Å². The molecular formula is C35H37N7O4. The summed E-state index contributed by atoms with van der Waals surface area (Å²) in [6.45, 7) is 1.58. The van der Waals surface area contributed by atoms with Crippen LogP contribution in [0.5, 0.6) is 5.75 Å². The Hall–Kier alpha value is -4.90. The minimum absolute atomic E-state index is 0.0102. The lowest BCUT2D eigenvalue weighted by molar-refractivity contribution is 0.0700. The highest BCUT2D eigenvalue weighted by Gasteiger charge is 2.47. The fourth-order valence-corrected chi connectivity index (χ4v) is 7.54. The number of carbonyl (C=O) groups excluding carboxylic acids is 2. The molecule has 1 saturated heterocycles. The second-order valence-corrected chi connectivity index (χ2v) is 12.9. The average Bonchev–Trinajstić information content (AvgIpc) is 3.46. The Morgan fingerprint density at radius 3 is 2.57 bits per heavy atom. The van der Waals surface area contributed by atoms with Crippen molar-refractivity contribution in [2.75, 3.05) is 26.1 Å². The van der Waals surface area contributed by atoms with Crippen LogP contribution in [0.2, 0.25) is 0 Å². The molecule has 2 saturated carbocycles. The maximum atomic E-state index is 13.8. The van der Waals surface area contributed by atoms with Crippen molar-refractivity contribution in [1.82, 2.24) is 24.0 Å². The van der Waals surface area contributed by atoms with E-state index in [-0.39, 0.29) is 18.0 Å². The fourth-order valence-electron chi connectivity index (χ4n) is 7.54. The molecule has 3 fully saturated rings. The lowest BCUT2D eigenvalue weighted by Gasteiger charge is -2.27. The Bertz CT molecular complexity index is 2010. The highest BCUT2D eigenvalue weighted by Crippen LogP contribution is 2.42. The number of para-hydroxylation sites is 1. The number of nitrogens with two attached hydrogens (primary N) is 1. The zero-order chi connectivity index (χ0) is 31.7. The van der Waals surface area contributed by atoms with Crippen molar-refractivity contribution in [3.8, 4) is 28.4 Å². The number of benzene rings is 2. The molecule has 5 aromatic rings. The number of nitrogens with zero attached hydrogens (tertiary/aromatic N) is 5. The summed E-state index contributed by atoms with van der Waals surface area (Å²) < 4.78 is 15.0. The van der Waals surface area contributed by atoms with Crippen molar-refractivity contribution in [3.63, 3.8) is 0 Å². The lowest BCUT2D eigenvalue weighted by atomic mass is 10.0. The van der Waals surface area contributed by atoms with E-state index in [4.69, 9.17) is 20.2 Å². The maximum Gasteiger partial charge on any atom is 0.412 e. The number of carbonyl (C=O) groups is 2. The zero-order valence-corrected chi connectivity index (χ0v) is 26.2. The number of methoxy groups -OCH3 is 2. The predicted octanol–water partition coefficient (Wildman–Crippen LogP) is 5.42. The number of pyridine rings is 1. The van der Waals surface area contributed by atoms with Gasteiger partial charge in [-0.2, -0.15) is 0 Å². The molecule has 3 aliphatic rings. The molecule has 2 bridgehead atoms. The molecule has 1 unspecified atom stereocenters. The Kier molecular flexibility index (Phi) is 6.75. The molecule has 11 heteroatoms. The first-order valence-corrected chi connectivity index (χ1v) is 15.9. The number of aryl methyl sites for hydroxylation is 1. The van der Waals surface area contributed by atoms with Crippen LogP contribution in [0, 0.1) is 11.8 Å². The summed E-state index contributed by atoms with van der Waals surface area (Å²) in [5.74, 6) is 2.81. The summed E-state index contributed by atoms with van der Waals surface area (Å²) in [6.07, 6.45) is 5.65. The van der Waals surface area contributed by atoms with E-state index >= 15 is 0 Å². The zero-order valence-electron chi connectivity index (χ0n) is 26.2. The van der Waals surface area contributed by atoms with Gasteiger partial charge in [0.1, 0.15) is 17.1 Å². The minimum atomic E-state index is -0.562. The molecular weight excluding hydrogens is 582 g/mol. The molecule has 0 radical (unpaired) electrons. The van der Waals surface area contributed by atoms with Gasteiger partial charge in [-0.3, -0.25) is 10.1 Å². The molecule has 4 heterocycles. The van der Waals surface area contributed by atoms with E-state index in [9.17, 15) is 9.59 Å². The highest BCUT2D eigenvalue weighted by atomic mass is 16.5. The van der Waals surface area contributed by atoms with Crippen LogP contribution in [0.25, 0.3) is 44.6 Å². The van der Waals surface area contributed by atoms with Gasteiger partial charge in [0.2, 0.25) is 0 Å². The monoisotopic (exact) mass is 619 g/mol. The van der Waals surface area contributed by atoms with Gasteiger partial charge >= 0.3 is 6.09 Å². The summed E-state index contributed by atoms with van der Waals surface area (Å²) in [6, 6.07) is 16.1. The van der Waals surface area contributed by atoms with Gasteiger partial charge in [0.05, 0.1) is 30.9 Å². The van der Waals surface area contributed by atoms with Gasteiger partial charge in [0.15, 0.2) is 5.82 Å². The van der Waals surface area contributed by atoms with Crippen molar-refractivity contribution in [1.29, 1.82) is 0 Å². The normalized spacial score (nSPS) is 20.5. The Morgan fingerprint density at radius 2 is 1.89 bits per heavy atom. The van der Waals surface area contributed by atoms with Crippen molar-refractivity contribution in [3.05, 3.63) is 60.3 Å². The summed E-state index contributed by atoms with van der Waals surface area (Å²) in [5.41, 5.74) is 12.7. The van der Waals surface area contributed by atoms with Gasteiger partial charge < -0.3 is 29.2 Å². The van der Waals surface area contributed by atoms with Crippen LogP contribution in [-0.2, 0) is 18.3 Å². The first-order chi connectivity index (χ1) is 22.3. The van der Waals surface area contributed by atoms with Gasteiger partial charge in [-0.05, 0) is 67.9 Å². The summed E-state index contributed by atoms with van der Waals surface area (Å²) in [4.78, 5) is 37.0. The number of ether oxygens (including phenoxy) is 2. The van der Waals surface area contributed by atoms with E-state index in [1.807, 2.05) is 30.1 Å². The number of anilines is 1. The summed E-state index contributed by atoms with van der Waals surface area (Å²) >= 11 is 0. The van der Waals surface area contributed by atoms with Gasteiger partial charge in [0.25, 0.3) is 5.91 Å². The van der Waals surface area contributed by atoms with Crippen LogP contribution in [0.4, 0.5) is 10.6 Å². The van der Waals surface area contributed by atoms with Gasteiger partial charge in [0, 0.05) is 60.5 Å². The Morgan fingerprint density at radius 1 is 1.04 bits per heavy atom. The van der Waals surface area contributed by atoms with Crippen LogP contribution in [0.3, 0.4) is 0 Å². The van der Waals surface area contributed by atoms with E-state index in [1.165, 1.54) is 20.0 Å². The topological polar surface area (TPSA) is 130 Å². The summed E-state index contributed by atoms with van der Waals surface area (Å²) in [5, 5.41) is 3.71. The number of aromatic nitrogens is 4.